The molecule has 28 heavy (non-hydrogen) atoms. The van der Waals surface area contributed by atoms with Gasteiger partial charge in [-0.15, -0.1) is 11.8 Å². The lowest BCUT2D eigenvalue weighted by Crippen LogP contribution is -2.25. The maximum absolute atomic E-state index is 12.9. The van der Waals surface area contributed by atoms with Gasteiger partial charge >= 0.3 is 11.9 Å². The molecule has 0 aliphatic heterocycles. The second-order valence-electron chi connectivity index (χ2n) is 6.17. The van der Waals surface area contributed by atoms with Gasteiger partial charge in [0.15, 0.2) is 6.10 Å². The van der Waals surface area contributed by atoms with Gasteiger partial charge in [-0.25, -0.2) is 9.18 Å². The van der Waals surface area contributed by atoms with Gasteiger partial charge in [0.25, 0.3) is 0 Å². The van der Waals surface area contributed by atoms with E-state index < -0.39 is 23.8 Å². The summed E-state index contributed by atoms with van der Waals surface area (Å²) in [6.07, 6.45) is -0.888. The van der Waals surface area contributed by atoms with Gasteiger partial charge in [-0.2, -0.15) is 0 Å². The molecule has 0 amide bonds. The van der Waals surface area contributed by atoms with Crippen molar-refractivity contribution in [3.63, 3.8) is 0 Å². The fourth-order valence-corrected chi connectivity index (χ4v) is 3.53. The number of ketones is 1. The number of carbonyl (C=O) groups excluding carboxylic acids is 3. The number of benzene rings is 1. The number of carbonyl (C=O) groups is 3. The monoisotopic (exact) mass is 407 g/mol. The zero-order valence-corrected chi connectivity index (χ0v) is 16.9. The number of halogens is 1. The number of methoxy groups -OCH3 is 1. The molecule has 6 nitrogen and oxygen atoms in total. The first kappa shape index (κ1) is 21.7. The Morgan fingerprint density at radius 2 is 1.82 bits per heavy atom. The topological polar surface area (TPSA) is 85.5 Å². The zero-order chi connectivity index (χ0) is 20.8. The van der Waals surface area contributed by atoms with Crippen LogP contribution in [0.5, 0.6) is 0 Å². The molecule has 0 saturated carbocycles. The van der Waals surface area contributed by atoms with Gasteiger partial charge in [0, 0.05) is 16.3 Å². The number of Topliss-reactive ketones (excluding diaryl/α,β-unsaturated/α-hetero) is 1. The van der Waals surface area contributed by atoms with E-state index >= 15 is 0 Å². The van der Waals surface area contributed by atoms with Crippen LogP contribution in [0.3, 0.4) is 0 Å². The Bertz CT molecular complexity index is 875. The van der Waals surface area contributed by atoms with E-state index in [1.165, 1.54) is 37.9 Å². The first-order valence-electron chi connectivity index (χ1n) is 8.64. The summed E-state index contributed by atoms with van der Waals surface area (Å²) in [6.45, 7) is 4.79. The molecule has 0 radical (unpaired) electrons. The van der Waals surface area contributed by atoms with Gasteiger partial charge in [-0.1, -0.05) is 0 Å². The number of nitrogens with one attached hydrogen (secondary N) is 1. The molecule has 0 unspecified atom stereocenters. The van der Waals surface area contributed by atoms with Crippen molar-refractivity contribution in [1.82, 2.24) is 4.98 Å². The summed E-state index contributed by atoms with van der Waals surface area (Å²) in [4.78, 5) is 40.2. The maximum Gasteiger partial charge on any atom is 0.339 e. The van der Waals surface area contributed by atoms with E-state index in [0.717, 1.165) is 4.90 Å². The average Bonchev–Trinajstić information content (AvgIpc) is 2.96. The lowest BCUT2D eigenvalue weighted by atomic mass is 10.1. The van der Waals surface area contributed by atoms with Crippen molar-refractivity contribution < 1.29 is 28.2 Å². The third-order valence-electron chi connectivity index (χ3n) is 4.14. The minimum Gasteiger partial charge on any atom is -0.465 e. The maximum atomic E-state index is 12.9. The van der Waals surface area contributed by atoms with Crippen LogP contribution in [0.1, 0.15) is 45.4 Å². The molecular weight excluding hydrogens is 385 g/mol. The van der Waals surface area contributed by atoms with E-state index in [1.54, 1.807) is 26.0 Å². The third kappa shape index (κ3) is 5.22. The van der Waals surface area contributed by atoms with Crippen LogP contribution in [0.25, 0.3) is 0 Å². The highest BCUT2D eigenvalue weighted by atomic mass is 32.2. The Hall–Kier alpha value is -2.61. The third-order valence-corrected chi connectivity index (χ3v) is 5.15. The summed E-state index contributed by atoms with van der Waals surface area (Å²) in [6, 6.07) is 5.97. The Labute approximate surface area is 166 Å². The Morgan fingerprint density at radius 3 is 2.43 bits per heavy atom. The van der Waals surface area contributed by atoms with Crippen LogP contribution in [0.15, 0.2) is 29.2 Å². The molecule has 0 fully saturated rings. The fourth-order valence-electron chi connectivity index (χ4n) is 2.70. The molecule has 0 spiro atoms. The molecule has 1 atom stereocenters. The van der Waals surface area contributed by atoms with Gasteiger partial charge < -0.3 is 14.5 Å². The number of thioether (sulfide) groups is 1. The van der Waals surface area contributed by atoms with Crippen LogP contribution in [-0.4, -0.2) is 41.7 Å². The number of aryl methyl sites for hydroxylation is 1. The van der Waals surface area contributed by atoms with Crippen molar-refractivity contribution in [2.24, 2.45) is 0 Å². The molecule has 0 saturated heterocycles. The van der Waals surface area contributed by atoms with Crippen molar-refractivity contribution >= 4 is 29.5 Å². The SMILES string of the molecule is COC(=O)c1c(C)[nH]c(C(=O)[C@H](C)OC(=O)CCSc2ccc(F)cc2)c1C. The molecule has 150 valence electrons. The quantitative estimate of drug-likeness (QED) is 0.406. The number of hydrogen-bond donors (Lipinski definition) is 1. The summed E-state index contributed by atoms with van der Waals surface area (Å²) >= 11 is 1.39. The molecule has 2 rings (SSSR count). The van der Waals surface area contributed by atoms with E-state index in [2.05, 4.69) is 4.98 Å². The Kier molecular flexibility index (Phi) is 7.39. The summed E-state index contributed by atoms with van der Waals surface area (Å²) in [5.41, 5.74) is 1.50. The van der Waals surface area contributed by atoms with E-state index in [-0.39, 0.29) is 17.9 Å². The first-order chi connectivity index (χ1) is 13.2. The minimum atomic E-state index is -0.995. The van der Waals surface area contributed by atoms with Gasteiger partial charge in [0.05, 0.1) is 24.8 Å². The van der Waals surface area contributed by atoms with E-state index in [4.69, 9.17) is 9.47 Å². The van der Waals surface area contributed by atoms with E-state index in [0.29, 0.717) is 22.6 Å². The predicted octanol–water partition coefficient (Wildman–Crippen LogP) is 3.85. The summed E-state index contributed by atoms with van der Waals surface area (Å²) in [5.74, 6) is -1.34. The Balaban J connectivity index is 1.92. The number of aromatic amines is 1. The molecule has 0 aliphatic carbocycles. The van der Waals surface area contributed by atoms with Gasteiger partial charge in [0.1, 0.15) is 5.82 Å². The highest BCUT2D eigenvalue weighted by Gasteiger charge is 2.27. The van der Waals surface area contributed by atoms with Gasteiger partial charge in [-0.3, -0.25) is 9.59 Å². The highest BCUT2D eigenvalue weighted by molar-refractivity contribution is 7.99. The number of esters is 2. The molecule has 0 aliphatic rings. The van der Waals surface area contributed by atoms with Crippen molar-refractivity contribution in [3.8, 4) is 0 Å². The van der Waals surface area contributed by atoms with Crippen LogP contribution in [0, 0.1) is 19.7 Å². The molecule has 2 aromatic rings. The highest BCUT2D eigenvalue weighted by Crippen LogP contribution is 2.22. The van der Waals surface area contributed by atoms with Gasteiger partial charge in [-0.05, 0) is 50.6 Å². The lowest BCUT2D eigenvalue weighted by Gasteiger charge is -2.12. The smallest absolute Gasteiger partial charge is 0.339 e. The normalized spacial score (nSPS) is 11.8. The number of rotatable bonds is 8. The van der Waals surface area contributed by atoms with Crippen molar-refractivity contribution in [2.75, 3.05) is 12.9 Å². The minimum absolute atomic E-state index is 0.107. The van der Waals surface area contributed by atoms with Crippen LogP contribution in [0.2, 0.25) is 0 Å². The summed E-state index contributed by atoms with van der Waals surface area (Å²) < 4.78 is 22.8. The average molecular weight is 407 g/mol. The van der Waals surface area contributed by atoms with Crippen molar-refractivity contribution in [3.05, 3.63) is 52.6 Å². The fraction of sp³-hybridized carbons (Fsp3) is 0.350. The van der Waals surface area contributed by atoms with Crippen LogP contribution in [-0.2, 0) is 14.3 Å². The summed E-state index contributed by atoms with van der Waals surface area (Å²) in [7, 11) is 1.27. The molecule has 8 heteroatoms. The standard InChI is InChI=1S/C20H22FNO5S/c1-11-17(20(25)26-4)12(2)22-18(11)19(24)13(3)27-16(23)9-10-28-15-7-5-14(21)6-8-15/h5-8,13,22H,9-10H2,1-4H3/t13-/m0/s1. The summed E-state index contributed by atoms with van der Waals surface area (Å²) in [5, 5.41) is 0. The van der Waals surface area contributed by atoms with Gasteiger partial charge in [0.2, 0.25) is 5.78 Å². The van der Waals surface area contributed by atoms with E-state index in [9.17, 15) is 18.8 Å². The molecule has 1 aromatic heterocycles. The van der Waals surface area contributed by atoms with Crippen molar-refractivity contribution in [2.45, 2.75) is 38.2 Å². The number of aromatic nitrogens is 1. The molecule has 1 N–H and O–H groups in total. The largest absolute Gasteiger partial charge is 0.465 e. The second kappa shape index (κ2) is 9.54. The first-order valence-corrected chi connectivity index (χ1v) is 9.62. The molecule has 1 heterocycles. The molecular formula is C20H22FNO5S. The van der Waals surface area contributed by atoms with Crippen LogP contribution >= 0.6 is 11.8 Å². The lowest BCUT2D eigenvalue weighted by molar-refractivity contribution is -0.145. The van der Waals surface area contributed by atoms with E-state index in [1.807, 2.05) is 0 Å². The molecule has 0 bridgehead atoms. The molecule has 1 aromatic carbocycles. The number of H-pyrrole nitrogens is 1. The van der Waals surface area contributed by atoms with Crippen molar-refractivity contribution in [1.29, 1.82) is 0 Å². The second-order valence-corrected chi connectivity index (χ2v) is 7.33. The predicted molar refractivity (Wildman–Crippen MR) is 103 cm³/mol. The number of ether oxygens (including phenoxy) is 2. The number of hydrogen-bond acceptors (Lipinski definition) is 6. The van der Waals surface area contributed by atoms with Crippen LogP contribution in [0.4, 0.5) is 4.39 Å². The zero-order valence-electron chi connectivity index (χ0n) is 16.1. The van der Waals surface area contributed by atoms with Crippen LogP contribution < -0.4 is 0 Å². The Morgan fingerprint density at radius 1 is 1.18 bits per heavy atom.